The molecule has 1 heterocycles. The minimum atomic E-state index is -0.000481. The molecule has 1 atom stereocenters. The Kier molecular flexibility index (Phi) is 7.25. The molecule has 2 N–H and O–H groups in total. The molecular weight excluding hydrogens is 444 g/mol. The normalized spacial score (nSPS) is 11.8. The van der Waals surface area contributed by atoms with E-state index in [-0.39, 0.29) is 11.8 Å². The van der Waals surface area contributed by atoms with Crippen molar-refractivity contribution >= 4 is 55.8 Å². The molecule has 0 spiro atoms. The summed E-state index contributed by atoms with van der Waals surface area (Å²) < 4.78 is 1.76. The van der Waals surface area contributed by atoms with Crippen LogP contribution >= 0.6 is 39.0 Å². The Balaban J connectivity index is 1.43. The third kappa shape index (κ3) is 6.34. The quantitative estimate of drug-likeness (QED) is 0.458. The summed E-state index contributed by atoms with van der Waals surface area (Å²) in [5.41, 5.74) is 2.16. The standard InChI is InChI=1S/C19H19BrN4OS2/c1-13(14-6-3-2-4-7-14)11-21-17(25)12-26-19-24-23-18(27-19)22-16-9-5-8-15(20)10-16/h2-10,13H,11-12H2,1H3,(H,21,25)(H,22,23)/t13-/m0/s1. The van der Waals surface area contributed by atoms with Gasteiger partial charge in [0.25, 0.3) is 0 Å². The minimum Gasteiger partial charge on any atom is -0.355 e. The van der Waals surface area contributed by atoms with Gasteiger partial charge in [-0.15, -0.1) is 10.2 Å². The van der Waals surface area contributed by atoms with Crippen molar-refractivity contribution in [1.29, 1.82) is 0 Å². The first-order chi connectivity index (χ1) is 13.1. The average Bonchev–Trinajstić information content (AvgIpc) is 3.12. The number of nitrogens with zero attached hydrogens (tertiary/aromatic N) is 2. The maximum atomic E-state index is 12.1. The molecule has 3 aromatic rings. The molecule has 140 valence electrons. The number of hydrogen-bond acceptors (Lipinski definition) is 6. The minimum absolute atomic E-state index is 0.000481. The summed E-state index contributed by atoms with van der Waals surface area (Å²) in [4.78, 5) is 12.1. The number of amides is 1. The van der Waals surface area contributed by atoms with Crippen LogP contribution in [0.5, 0.6) is 0 Å². The first-order valence-electron chi connectivity index (χ1n) is 8.40. The third-order valence-corrected chi connectivity index (χ3v) is 6.25. The van der Waals surface area contributed by atoms with Crippen molar-refractivity contribution in [1.82, 2.24) is 15.5 Å². The molecule has 0 aliphatic heterocycles. The fourth-order valence-electron chi connectivity index (χ4n) is 2.35. The van der Waals surface area contributed by atoms with Crippen molar-refractivity contribution in [3.05, 3.63) is 64.6 Å². The number of benzene rings is 2. The molecule has 8 heteroatoms. The molecular formula is C19H19BrN4OS2. The number of hydrogen-bond donors (Lipinski definition) is 2. The molecule has 0 radical (unpaired) electrons. The van der Waals surface area contributed by atoms with E-state index in [2.05, 4.69) is 55.8 Å². The number of thioether (sulfide) groups is 1. The monoisotopic (exact) mass is 462 g/mol. The Hall–Kier alpha value is -1.90. The Morgan fingerprint density at radius 2 is 2.00 bits per heavy atom. The van der Waals surface area contributed by atoms with E-state index in [4.69, 9.17) is 0 Å². The van der Waals surface area contributed by atoms with Crippen LogP contribution in [0.1, 0.15) is 18.4 Å². The maximum absolute atomic E-state index is 12.1. The zero-order valence-corrected chi connectivity index (χ0v) is 17.9. The van der Waals surface area contributed by atoms with Gasteiger partial charge >= 0.3 is 0 Å². The number of rotatable bonds is 8. The summed E-state index contributed by atoms with van der Waals surface area (Å²) in [5, 5.41) is 15.1. The topological polar surface area (TPSA) is 66.9 Å². The lowest BCUT2D eigenvalue weighted by Crippen LogP contribution is -2.28. The van der Waals surface area contributed by atoms with Crippen LogP contribution in [-0.4, -0.2) is 28.4 Å². The van der Waals surface area contributed by atoms with E-state index >= 15 is 0 Å². The molecule has 0 fully saturated rings. The van der Waals surface area contributed by atoms with Gasteiger partial charge in [0.2, 0.25) is 11.0 Å². The van der Waals surface area contributed by atoms with E-state index in [1.165, 1.54) is 28.7 Å². The van der Waals surface area contributed by atoms with Crippen LogP contribution in [0.3, 0.4) is 0 Å². The lowest BCUT2D eigenvalue weighted by Gasteiger charge is -2.12. The largest absolute Gasteiger partial charge is 0.355 e. The molecule has 3 rings (SSSR count). The highest BCUT2D eigenvalue weighted by atomic mass is 79.9. The van der Waals surface area contributed by atoms with Gasteiger partial charge in [-0.2, -0.15) is 0 Å². The third-order valence-electron chi connectivity index (χ3n) is 3.78. The Morgan fingerprint density at radius 1 is 1.19 bits per heavy atom. The van der Waals surface area contributed by atoms with Crippen molar-refractivity contribution in [2.45, 2.75) is 17.2 Å². The second kappa shape index (κ2) is 9.87. The van der Waals surface area contributed by atoms with Crippen LogP contribution in [0.2, 0.25) is 0 Å². The van der Waals surface area contributed by atoms with Crippen molar-refractivity contribution < 1.29 is 4.79 Å². The molecule has 27 heavy (non-hydrogen) atoms. The van der Waals surface area contributed by atoms with Crippen molar-refractivity contribution in [3.8, 4) is 0 Å². The second-order valence-corrected chi connectivity index (χ2v) is 9.03. The van der Waals surface area contributed by atoms with Crippen molar-refractivity contribution in [2.24, 2.45) is 0 Å². The van der Waals surface area contributed by atoms with Crippen LogP contribution in [0.4, 0.5) is 10.8 Å². The Morgan fingerprint density at radius 3 is 2.78 bits per heavy atom. The predicted molar refractivity (Wildman–Crippen MR) is 116 cm³/mol. The predicted octanol–water partition coefficient (Wildman–Crippen LogP) is 5.06. The van der Waals surface area contributed by atoms with Crippen molar-refractivity contribution in [3.63, 3.8) is 0 Å². The summed E-state index contributed by atoms with van der Waals surface area (Å²) in [5.74, 6) is 0.606. The van der Waals surface area contributed by atoms with E-state index in [0.717, 1.165) is 14.5 Å². The Bertz CT molecular complexity index is 888. The number of anilines is 2. The van der Waals surface area contributed by atoms with Gasteiger partial charge in [0.1, 0.15) is 0 Å². The van der Waals surface area contributed by atoms with Gasteiger partial charge in [-0.05, 0) is 29.7 Å². The van der Waals surface area contributed by atoms with Gasteiger partial charge < -0.3 is 10.6 Å². The van der Waals surface area contributed by atoms with Crippen LogP contribution in [0, 0.1) is 0 Å². The number of nitrogens with one attached hydrogen (secondary N) is 2. The van der Waals surface area contributed by atoms with Gasteiger partial charge in [0.05, 0.1) is 5.75 Å². The fraction of sp³-hybridized carbons (Fsp3) is 0.211. The first kappa shape index (κ1) is 19.9. The van der Waals surface area contributed by atoms with Gasteiger partial charge in [0, 0.05) is 16.7 Å². The fourth-order valence-corrected chi connectivity index (χ4v) is 4.35. The zero-order valence-electron chi connectivity index (χ0n) is 14.7. The van der Waals surface area contributed by atoms with Crippen LogP contribution in [0.15, 0.2) is 63.4 Å². The molecule has 0 unspecified atom stereocenters. The summed E-state index contributed by atoms with van der Waals surface area (Å²) in [7, 11) is 0. The summed E-state index contributed by atoms with van der Waals surface area (Å²) in [6.45, 7) is 2.72. The van der Waals surface area contributed by atoms with E-state index in [0.29, 0.717) is 17.4 Å². The van der Waals surface area contributed by atoms with E-state index in [1.54, 1.807) is 0 Å². The van der Waals surface area contributed by atoms with E-state index < -0.39 is 0 Å². The second-order valence-electron chi connectivity index (χ2n) is 5.91. The van der Waals surface area contributed by atoms with Crippen LogP contribution in [-0.2, 0) is 4.79 Å². The van der Waals surface area contributed by atoms with Crippen LogP contribution < -0.4 is 10.6 Å². The zero-order chi connectivity index (χ0) is 19.1. The van der Waals surface area contributed by atoms with Gasteiger partial charge in [0.15, 0.2) is 4.34 Å². The first-order valence-corrected chi connectivity index (χ1v) is 11.0. The summed E-state index contributed by atoms with van der Waals surface area (Å²) >= 11 is 6.27. The molecule has 1 aromatic heterocycles. The van der Waals surface area contributed by atoms with Gasteiger partial charge in [-0.25, -0.2) is 0 Å². The molecule has 5 nitrogen and oxygen atoms in total. The molecule has 0 bridgehead atoms. The van der Waals surface area contributed by atoms with Gasteiger partial charge in [-0.3, -0.25) is 4.79 Å². The number of aromatic nitrogens is 2. The highest BCUT2D eigenvalue weighted by molar-refractivity contribution is 9.10. The highest BCUT2D eigenvalue weighted by Gasteiger charge is 2.10. The molecule has 0 saturated carbocycles. The molecule has 1 amide bonds. The average molecular weight is 463 g/mol. The summed E-state index contributed by atoms with van der Waals surface area (Å²) in [6, 6.07) is 18.0. The lowest BCUT2D eigenvalue weighted by molar-refractivity contribution is -0.118. The number of carbonyl (C=O) groups is 1. The van der Waals surface area contributed by atoms with Crippen molar-refractivity contribution in [2.75, 3.05) is 17.6 Å². The van der Waals surface area contributed by atoms with Crippen LogP contribution in [0.25, 0.3) is 0 Å². The number of halogens is 1. The maximum Gasteiger partial charge on any atom is 0.230 e. The highest BCUT2D eigenvalue weighted by Crippen LogP contribution is 2.28. The Labute approximate surface area is 175 Å². The summed E-state index contributed by atoms with van der Waals surface area (Å²) in [6.07, 6.45) is 0. The molecule has 0 aliphatic rings. The van der Waals surface area contributed by atoms with E-state index in [9.17, 15) is 4.79 Å². The smallest absolute Gasteiger partial charge is 0.230 e. The molecule has 0 saturated heterocycles. The van der Waals surface area contributed by atoms with Gasteiger partial charge in [-0.1, -0.05) is 82.4 Å². The molecule has 2 aromatic carbocycles. The number of carbonyl (C=O) groups excluding carboxylic acids is 1. The SMILES string of the molecule is C[C@@H](CNC(=O)CSc1nnc(Nc2cccc(Br)c2)s1)c1ccccc1. The van der Waals surface area contributed by atoms with E-state index in [1.807, 2.05) is 42.5 Å². The lowest BCUT2D eigenvalue weighted by atomic mass is 10.0. The molecule has 0 aliphatic carbocycles.